The van der Waals surface area contributed by atoms with Crippen LogP contribution in [0.5, 0.6) is 0 Å². The van der Waals surface area contributed by atoms with Gasteiger partial charge in [-0.3, -0.25) is 4.90 Å². The Morgan fingerprint density at radius 3 is 2.50 bits per heavy atom. The SMILES string of the molecule is CN(CCNc1ccc(Br)cc1)CC(F)F. The van der Waals surface area contributed by atoms with Crippen molar-refractivity contribution in [1.82, 2.24) is 4.90 Å². The topological polar surface area (TPSA) is 15.3 Å². The molecule has 0 radical (unpaired) electrons. The Labute approximate surface area is 103 Å². The van der Waals surface area contributed by atoms with Crippen molar-refractivity contribution in [3.05, 3.63) is 28.7 Å². The number of halogens is 3. The van der Waals surface area contributed by atoms with Crippen molar-refractivity contribution in [3.8, 4) is 0 Å². The summed E-state index contributed by atoms with van der Waals surface area (Å²) in [6.45, 7) is 1.08. The van der Waals surface area contributed by atoms with E-state index in [1.807, 2.05) is 24.3 Å². The average molecular weight is 293 g/mol. The molecule has 0 aliphatic carbocycles. The summed E-state index contributed by atoms with van der Waals surface area (Å²) in [5.74, 6) is 0. The lowest BCUT2D eigenvalue weighted by molar-refractivity contribution is 0.102. The fraction of sp³-hybridized carbons (Fsp3) is 0.455. The number of hydrogen-bond donors (Lipinski definition) is 1. The van der Waals surface area contributed by atoms with E-state index in [4.69, 9.17) is 0 Å². The van der Waals surface area contributed by atoms with Crippen molar-refractivity contribution in [2.75, 3.05) is 32.0 Å². The second-order valence-electron chi connectivity index (χ2n) is 3.59. The third-order valence-electron chi connectivity index (χ3n) is 2.12. The lowest BCUT2D eigenvalue weighted by atomic mass is 10.3. The molecule has 1 rings (SSSR count). The number of anilines is 1. The van der Waals surface area contributed by atoms with Gasteiger partial charge in [-0.15, -0.1) is 0 Å². The summed E-state index contributed by atoms with van der Waals surface area (Å²) in [6.07, 6.45) is -2.27. The first-order valence-corrected chi connectivity index (χ1v) is 5.83. The molecule has 0 fully saturated rings. The molecule has 0 amide bonds. The molecule has 16 heavy (non-hydrogen) atoms. The quantitative estimate of drug-likeness (QED) is 0.867. The van der Waals surface area contributed by atoms with Crippen LogP contribution in [-0.4, -0.2) is 38.0 Å². The van der Waals surface area contributed by atoms with Gasteiger partial charge in [0.2, 0.25) is 0 Å². The summed E-state index contributed by atoms with van der Waals surface area (Å²) in [4.78, 5) is 1.61. The van der Waals surface area contributed by atoms with Gasteiger partial charge in [0.1, 0.15) is 0 Å². The molecule has 0 saturated carbocycles. The highest BCUT2D eigenvalue weighted by atomic mass is 79.9. The first-order chi connectivity index (χ1) is 7.58. The van der Waals surface area contributed by atoms with E-state index in [2.05, 4.69) is 21.2 Å². The molecule has 0 saturated heterocycles. The van der Waals surface area contributed by atoms with Gasteiger partial charge in [0.15, 0.2) is 0 Å². The van der Waals surface area contributed by atoms with Gasteiger partial charge in [-0.05, 0) is 31.3 Å². The zero-order valence-corrected chi connectivity index (χ0v) is 10.7. The Bertz CT molecular complexity index is 303. The van der Waals surface area contributed by atoms with Crippen molar-refractivity contribution in [2.24, 2.45) is 0 Å². The fourth-order valence-corrected chi connectivity index (χ4v) is 1.55. The van der Waals surface area contributed by atoms with E-state index in [-0.39, 0.29) is 6.54 Å². The molecule has 2 nitrogen and oxygen atoms in total. The molecule has 0 spiro atoms. The maximum Gasteiger partial charge on any atom is 0.251 e. The molecule has 0 atom stereocenters. The van der Waals surface area contributed by atoms with E-state index < -0.39 is 6.43 Å². The number of rotatable bonds is 6. The van der Waals surface area contributed by atoms with Gasteiger partial charge < -0.3 is 5.32 Å². The Morgan fingerprint density at radius 2 is 1.94 bits per heavy atom. The maximum absolute atomic E-state index is 12.0. The van der Waals surface area contributed by atoms with Crippen LogP contribution in [0.1, 0.15) is 0 Å². The molecule has 0 unspecified atom stereocenters. The van der Waals surface area contributed by atoms with Gasteiger partial charge in [0, 0.05) is 23.2 Å². The first-order valence-electron chi connectivity index (χ1n) is 5.04. The van der Waals surface area contributed by atoms with Gasteiger partial charge in [-0.25, -0.2) is 8.78 Å². The van der Waals surface area contributed by atoms with Crippen LogP contribution < -0.4 is 5.32 Å². The van der Waals surface area contributed by atoms with Crippen molar-refractivity contribution < 1.29 is 8.78 Å². The Balaban J connectivity index is 2.22. The lowest BCUT2D eigenvalue weighted by Gasteiger charge is -2.16. The molecule has 90 valence electrons. The highest BCUT2D eigenvalue weighted by Crippen LogP contribution is 2.13. The van der Waals surface area contributed by atoms with E-state index >= 15 is 0 Å². The Morgan fingerprint density at radius 1 is 1.31 bits per heavy atom. The summed E-state index contributed by atoms with van der Waals surface area (Å²) >= 11 is 3.34. The van der Waals surface area contributed by atoms with E-state index in [0.717, 1.165) is 10.2 Å². The third kappa shape index (κ3) is 5.42. The highest BCUT2D eigenvalue weighted by molar-refractivity contribution is 9.10. The summed E-state index contributed by atoms with van der Waals surface area (Å²) in [7, 11) is 1.69. The van der Waals surface area contributed by atoms with Gasteiger partial charge in [-0.2, -0.15) is 0 Å². The number of alkyl halides is 2. The van der Waals surface area contributed by atoms with E-state index in [0.29, 0.717) is 13.1 Å². The number of nitrogens with zero attached hydrogens (tertiary/aromatic N) is 1. The normalized spacial score (nSPS) is 11.1. The predicted octanol–water partition coefficient (Wildman–Crippen LogP) is 3.06. The summed E-state index contributed by atoms with van der Waals surface area (Å²) in [6, 6.07) is 7.75. The lowest BCUT2D eigenvalue weighted by Crippen LogP contribution is -2.29. The van der Waals surface area contributed by atoms with Gasteiger partial charge in [-0.1, -0.05) is 15.9 Å². The van der Waals surface area contributed by atoms with Crippen LogP contribution in [0.2, 0.25) is 0 Å². The number of benzene rings is 1. The molecule has 0 aromatic heterocycles. The molecule has 1 aromatic rings. The maximum atomic E-state index is 12.0. The third-order valence-corrected chi connectivity index (χ3v) is 2.65. The molecule has 0 aliphatic rings. The van der Waals surface area contributed by atoms with Gasteiger partial charge in [0.05, 0.1) is 6.54 Å². The standard InChI is InChI=1S/C11H15BrF2N2/c1-16(8-11(13)14)7-6-15-10-4-2-9(12)3-5-10/h2-5,11,15H,6-8H2,1H3. The highest BCUT2D eigenvalue weighted by Gasteiger charge is 2.06. The van der Waals surface area contributed by atoms with Crippen LogP contribution in [0.15, 0.2) is 28.7 Å². The van der Waals surface area contributed by atoms with Crippen molar-refractivity contribution in [2.45, 2.75) is 6.43 Å². The predicted molar refractivity (Wildman–Crippen MR) is 66.1 cm³/mol. The van der Waals surface area contributed by atoms with Crippen molar-refractivity contribution >= 4 is 21.6 Å². The minimum absolute atomic E-state index is 0.179. The summed E-state index contributed by atoms with van der Waals surface area (Å²) < 4.78 is 25.0. The Kier molecular flexibility index (Phi) is 5.69. The second kappa shape index (κ2) is 6.81. The van der Waals surface area contributed by atoms with Crippen LogP contribution in [0.4, 0.5) is 14.5 Å². The van der Waals surface area contributed by atoms with E-state index in [1.54, 1.807) is 11.9 Å². The van der Waals surface area contributed by atoms with Crippen LogP contribution >= 0.6 is 15.9 Å². The molecule has 0 heterocycles. The number of hydrogen-bond acceptors (Lipinski definition) is 2. The number of nitrogens with one attached hydrogen (secondary N) is 1. The molecular formula is C11H15BrF2N2. The van der Waals surface area contributed by atoms with Crippen LogP contribution in [0, 0.1) is 0 Å². The van der Waals surface area contributed by atoms with Crippen molar-refractivity contribution in [1.29, 1.82) is 0 Å². The van der Waals surface area contributed by atoms with Crippen LogP contribution in [-0.2, 0) is 0 Å². The smallest absolute Gasteiger partial charge is 0.251 e. The average Bonchev–Trinajstić information content (AvgIpc) is 2.20. The molecule has 5 heteroatoms. The monoisotopic (exact) mass is 292 g/mol. The minimum atomic E-state index is -2.27. The van der Waals surface area contributed by atoms with Crippen molar-refractivity contribution in [3.63, 3.8) is 0 Å². The molecule has 0 aliphatic heterocycles. The van der Waals surface area contributed by atoms with E-state index in [9.17, 15) is 8.78 Å². The largest absolute Gasteiger partial charge is 0.384 e. The fourth-order valence-electron chi connectivity index (χ4n) is 1.29. The second-order valence-corrected chi connectivity index (χ2v) is 4.50. The summed E-state index contributed by atoms with van der Waals surface area (Å²) in [5, 5.41) is 3.17. The molecule has 1 N–H and O–H groups in total. The first kappa shape index (κ1) is 13.4. The zero-order valence-electron chi connectivity index (χ0n) is 9.09. The zero-order chi connectivity index (χ0) is 12.0. The van der Waals surface area contributed by atoms with Crippen LogP contribution in [0.3, 0.4) is 0 Å². The Hall–Kier alpha value is -0.680. The molecule has 0 bridgehead atoms. The molecular weight excluding hydrogens is 278 g/mol. The number of likely N-dealkylation sites (N-methyl/N-ethyl adjacent to an activating group) is 1. The van der Waals surface area contributed by atoms with E-state index in [1.165, 1.54) is 0 Å². The summed E-state index contributed by atoms with van der Waals surface area (Å²) in [5.41, 5.74) is 0.994. The van der Waals surface area contributed by atoms with Gasteiger partial charge in [0.25, 0.3) is 6.43 Å². The molecule has 1 aromatic carbocycles. The van der Waals surface area contributed by atoms with Gasteiger partial charge >= 0.3 is 0 Å². The minimum Gasteiger partial charge on any atom is -0.384 e. The van der Waals surface area contributed by atoms with Crippen LogP contribution in [0.25, 0.3) is 0 Å².